The average Bonchev–Trinajstić information content (AvgIpc) is 3.05. The van der Waals surface area contributed by atoms with Gasteiger partial charge in [0.05, 0.1) is 18.8 Å². The minimum atomic E-state index is -0.735. The fraction of sp³-hybridized carbons (Fsp3) is 0.353. The second kappa shape index (κ2) is 9.31. The molecule has 1 aromatic heterocycles. The summed E-state index contributed by atoms with van der Waals surface area (Å²) < 4.78 is 20.4. The van der Waals surface area contributed by atoms with Crippen molar-refractivity contribution in [3.05, 3.63) is 41.8 Å². The van der Waals surface area contributed by atoms with Crippen molar-refractivity contribution in [1.82, 2.24) is 10.5 Å². The lowest BCUT2D eigenvalue weighted by Crippen LogP contribution is -2.32. The fourth-order valence-corrected chi connectivity index (χ4v) is 1.87. The van der Waals surface area contributed by atoms with Crippen molar-refractivity contribution >= 4 is 11.9 Å². The third-order valence-electron chi connectivity index (χ3n) is 2.99. The molecule has 25 heavy (non-hydrogen) atoms. The first-order chi connectivity index (χ1) is 12.1. The molecule has 0 spiro atoms. The van der Waals surface area contributed by atoms with E-state index in [2.05, 4.69) is 10.5 Å². The number of ether oxygens (including phenoxy) is 3. The van der Waals surface area contributed by atoms with Gasteiger partial charge < -0.3 is 24.1 Å². The first-order valence-electron chi connectivity index (χ1n) is 7.81. The van der Waals surface area contributed by atoms with Crippen LogP contribution in [0.3, 0.4) is 0 Å². The molecule has 1 heterocycles. The molecule has 0 unspecified atom stereocenters. The number of carbonyl (C=O) groups is 2. The fourth-order valence-electron chi connectivity index (χ4n) is 1.87. The molecule has 2 rings (SSSR count). The summed E-state index contributed by atoms with van der Waals surface area (Å²) in [5.41, 5.74) is 0.558. The van der Waals surface area contributed by atoms with E-state index >= 15 is 0 Å². The lowest BCUT2D eigenvalue weighted by atomic mass is 10.3. The SMILES string of the molecule is CCOc1ccc(OCCNC(=O)COC(=O)c2cc(C)no2)cc1. The van der Waals surface area contributed by atoms with Gasteiger partial charge in [0, 0.05) is 6.07 Å². The Morgan fingerprint density at radius 2 is 1.84 bits per heavy atom. The molecular formula is C17H20N2O6. The smallest absolute Gasteiger partial charge is 0.377 e. The number of amides is 1. The maximum atomic E-state index is 11.6. The van der Waals surface area contributed by atoms with E-state index in [-0.39, 0.29) is 18.9 Å². The van der Waals surface area contributed by atoms with Gasteiger partial charge in [0.2, 0.25) is 5.76 Å². The number of hydrogen-bond donors (Lipinski definition) is 1. The summed E-state index contributed by atoms with van der Waals surface area (Å²) in [6.07, 6.45) is 0. The molecule has 8 heteroatoms. The van der Waals surface area contributed by atoms with E-state index in [0.717, 1.165) is 5.75 Å². The molecule has 0 atom stereocenters. The van der Waals surface area contributed by atoms with Crippen molar-refractivity contribution in [3.8, 4) is 11.5 Å². The summed E-state index contributed by atoms with van der Waals surface area (Å²) in [4.78, 5) is 23.2. The topological polar surface area (TPSA) is 99.9 Å². The van der Waals surface area contributed by atoms with E-state index in [1.807, 2.05) is 19.1 Å². The average molecular weight is 348 g/mol. The van der Waals surface area contributed by atoms with Crippen LogP contribution in [0.2, 0.25) is 0 Å². The van der Waals surface area contributed by atoms with Gasteiger partial charge in [-0.2, -0.15) is 0 Å². The molecule has 134 valence electrons. The number of benzene rings is 1. The van der Waals surface area contributed by atoms with Crippen molar-refractivity contribution in [3.63, 3.8) is 0 Å². The maximum Gasteiger partial charge on any atom is 0.377 e. The Kier molecular flexibility index (Phi) is 6.82. The molecule has 1 amide bonds. The summed E-state index contributed by atoms with van der Waals surface area (Å²) in [6, 6.07) is 8.62. The molecule has 0 saturated carbocycles. The number of hydrogen-bond acceptors (Lipinski definition) is 7. The van der Waals surface area contributed by atoms with Gasteiger partial charge in [0.25, 0.3) is 5.91 Å². The summed E-state index contributed by atoms with van der Waals surface area (Å²) in [5, 5.41) is 6.15. The van der Waals surface area contributed by atoms with Crippen LogP contribution in [0.25, 0.3) is 0 Å². The largest absolute Gasteiger partial charge is 0.494 e. The molecular weight excluding hydrogens is 328 g/mol. The molecule has 1 aromatic carbocycles. The van der Waals surface area contributed by atoms with E-state index in [1.165, 1.54) is 6.07 Å². The van der Waals surface area contributed by atoms with E-state index in [1.54, 1.807) is 19.1 Å². The van der Waals surface area contributed by atoms with Crippen molar-refractivity contribution in [1.29, 1.82) is 0 Å². The second-order valence-electron chi connectivity index (χ2n) is 5.01. The van der Waals surface area contributed by atoms with E-state index in [4.69, 9.17) is 18.7 Å². The van der Waals surface area contributed by atoms with Gasteiger partial charge in [-0.05, 0) is 38.1 Å². The normalized spacial score (nSPS) is 10.2. The Morgan fingerprint density at radius 3 is 2.44 bits per heavy atom. The van der Waals surface area contributed by atoms with Crippen molar-refractivity contribution in [2.75, 3.05) is 26.4 Å². The predicted molar refractivity (Wildman–Crippen MR) is 87.6 cm³/mol. The number of rotatable bonds is 9. The van der Waals surface area contributed by atoms with Crippen LogP contribution in [0.1, 0.15) is 23.2 Å². The van der Waals surface area contributed by atoms with Crippen LogP contribution in [0.15, 0.2) is 34.9 Å². The van der Waals surface area contributed by atoms with Crippen LogP contribution in [0.4, 0.5) is 0 Å². The summed E-state index contributed by atoms with van der Waals surface area (Å²) in [6.45, 7) is 4.36. The maximum absolute atomic E-state index is 11.6. The van der Waals surface area contributed by atoms with E-state index in [0.29, 0.717) is 18.1 Å². The molecule has 0 bridgehead atoms. The van der Waals surface area contributed by atoms with Crippen molar-refractivity contribution < 1.29 is 28.3 Å². The number of aromatic nitrogens is 1. The molecule has 0 fully saturated rings. The van der Waals surface area contributed by atoms with Gasteiger partial charge in [-0.1, -0.05) is 5.16 Å². The van der Waals surface area contributed by atoms with Gasteiger partial charge in [-0.3, -0.25) is 4.79 Å². The van der Waals surface area contributed by atoms with Gasteiger partial charge in [-0.15, -0.1) is 0 Å². The minimum absolute atomic E-state index is 0.0378. The highest BCUT2D eigenvalue weighted by Gasteiger charge is 2.14. The molecule has 0 aliphatic heterocycles. The highest BCUT2D eigenvalue weighted by Crippen LogP contribution is 2.17. The Hall–Kier alpha value is -3.03. The zero-order chi connectivity index (χ0) is 18.1. The number of nitrogens with one attached hydrogen (secondary N) is 1. The monoisotopic (exact) mass is 348 g/mol. The second-order valence-corrected chi connectivity index (χ2v) is 5.01. The third kappa shape index (κ3) is 6.17. The minimum Gasteiger partial charge on any atom is -0.494 e. The predicted octanol–water partition coefficient (Wildman–Crippen LogP) is 1.73. The molecule has 0 radical (unpaired) electrons. The van der Waals surface area contributed by atoms with Crippen LogP contribution >= 0.6 is 0 Å². The number of carbonyl (C=O) groups excluding carboxylic acids is 2. The van der Waals surface area contributed by atoms with Crippen molar-refractivity contribution in [2.45, 2.75) is 13.8 Å². The number of nitrogens with zero attached hydrogens (tertiary/aromatic N) is 1. The Labute approximate surface area is 145 Å². The highest BCUT2D eigenvalue weighted by molar-refractivity contribution is 5.88. The lowest BCUT2D eigenvalue weighted by Gasteiger charge is -2.09. The standard InChI is InChI=1S/C17H20N2O6/c1-3-22-13-4-6-14(7-5-13)23-9-8-18-16(20)11-24-17(21)15-10-12(2)19-25-15/h4-7,10H,3,8-9,11H2,1-2H3,(H,18,20). The van der Waals surface area contributed by atoms with Gasteiger partial charge >= 0.3 is 5.97 Å². The first kappa shape index (κ1) is 18.3. The van der Waals surface area contributed by atoms with Crippen LogP contribution in [0, 0.1) is 6.92 Å². The zero-order valence-electron chi connectivity index (χ0n) is 14.1. The first-order valence-corrected chi connectivity index (χ1v) is 7.81. The summed E-state index contributed by atoms with van der Waals surface area (Å²) >= 11 is 0. The molecule has 0 aliphatic carbocycles. The molecule has 1 N–H and O–H groups in total. The van der Waals surface area contributed by atoms with Crippen LogP contribution in [0.5, 0.6) is 11.5 Å². The van der Waals surface area contributed by atoms with Crippen LogP contribution in [-0.2, 0) is 9.53 Å². The third-order valence-corrected chi connectivity index (χ3v) is 2.99. The number of esters is 1. The van der Waals surface area contributed by atoms with Gasteiger partial charge in [0.1, 0.15) is 18.1 Å². The quantitative estimate of drug-likeness (QED) is 0.544. The molecule has 2 aromatic rings. The van der Waals surface area contributed by atoms with Crippen molar-refractivity contribution in [2.24, 2.45) is 0 Å². The van der Waals surface area contributed by atoms with E-state index < -0.39 is 18.5 Å². The lowest BCUT2D eigenvalue weighted by molar-refractivity contribution is -0.124. The molecule has 0 saturated heterocycles. The van der Waals surface area contributed by atoms with Crippen LogP contribution in [-0.4, -0.2) is 43.4 Å². The van der Waals surface area contributed by atoms with Crippen LogP contribution < -0.4 is 14.8 Å². The summed E-state index contributed by atoms with van der Waals surface area (Å²) in [5.74, 6) is 0.238. The Morgan fingerprint density at radius 1 is 1.16 bits per heavy atom. The molecule has 8 nitrogen and oxygen atoms in total. The summed E-state index contributed by atoms with van der Waals surface area (Å²) in [7, 11) is 0. The highest BCUT2D eigenvalue weighted by atomic mass is 16.6. The molecule has 0 aliphatic rings. The van der Waals surface area contributed by atoms with Gasteiger partial charge in [0.15, 0.2) is 6.61 Å². The Bertz CT molecular complexity index is 695. The number of aryl methyl sites for hydroxylation is 1. The van der Waals surface area contributed by atoms with E-state index in [9.17, 15) is 9.59 Å². The Balaban J connectivity index is 1.61. The van der Waals surface area contributed by atoms with Gasteiger partial charge in [-0.25, -0.2) is 4.79 Å². The zero-order valence-corrected chi connectivity index (χ0v) is 14.1.